The van der Waals surface area contributed by atoms with Gasteiger partial charge in [-0.15, -0.1) is 0 Å². The Labute approximate surface area is 176 Å². The van der Waals surface area contributed by atoms with Crippen molar-refractivity contribution in [2.45, 2.75) is 58.0 Å². The van der Waals surface area contributed by atoms with Crippen LogP contribution in [-0.4, -0.2) is 47.7 Å². The highest BCUT2D eigenvalue weighted by Gasteiger charge is 2.37. The fourth-order valence-electron chi connectivity index (χ4n) is 4.93. The molecule has 1 saturated carbocycles. The molecule has 2 fully saturated rings. The second kappa shape index (κ2) is 7.60. The summed E-state index contributed by atoms with van der Waals surface area (Å²) in [6.45, 7) is 5.05. The lowest BCUT2D eigenvalue weighted by Crippen LogP contribution is -2.42. The monoisotopic (exact) mass is 436 g/mol. The number of sulfonamides is 1. The number of hydrogen-bond donors (Lipinski definition) is 1. The SMILES string of the molecule is CC1(C)CCCC1n1c(=O)ccc2cnc(NC3CCN(S(C)(=O)=O)CC3)c(F)c21. The lowest BCUT2D eigenvalue weighted by Gasteiger charge is -2.32. The Balaban J connectivity index is 1.68. The van der Waals surface area contributed by atoms with Gasteiger partial charge in [0.25, 0.3) is 5.56 Å². The summed E-state index contributed by atoms with van der Waals surface area (Å²) in [5, 5.41) is 3.75. The molecule has 1 atom stereocenters. The molecule has 0 amide bonds. The third kappa shape index (κ3) is 3.85. The Kier molecular flexibility index (Phi) is 5.38. The van der Waals surface area contributed by atoms with Gasteiger partial charge in [-0.3, -0.25) is 4.79 Å². The first-order valence-electron chi connectivity index (χ1n) is 10.5. The lowest BCUT2D eigenvalue weighted by molar-refractivity contribution is 0.260. The molecule has 2 aliphatic rings. The summed E-state index contributed by atoms with van der Waals surface area (Å²) >= 11 is 0. The van der Waals surface area contributed by atoms with Crippen LogP contribution in [0.1, 0.15) is 52.0 Å². The molecule has 2 aromatic heterocycles. The molecule has 4 rings (SSSR count). The minimum absolute atomic E-state index is 0.0588. The van der Waals surface area contributed by atoms with Crippen LogP contribution in [-0.2, 0) is 10.0 Å². The lowest BCUT2D eigenvalue weighted by atomic mass is 9.87. The number of nitrogens with one attached hydrogen (secondary N) is 1. The number of hydrogen-bond acceptors (Lipinski definition) is 5. The van der Waals surface area contributed by atoms with Gasteiger partial charge in [0.2, 0.25) is 10.0 Å². The van der Waals surface area contributed by atoms with E-state index < -0.39 is 15.8 Å². The summed E-state index contributed by atoms with van der Waals surface area (Å²) in [5.41, 5.74) is 0.0217. The Morgan fingerprint density at radius 2 is 1.90 bits per heavy atom. The first-order chi connectivity index (χ1) is 14.1. The molecule has 0 radical (unpaired) electrons. The van der Waals surface area contributed by atoms with Gasteiger partial charge in [0.15, 0.2) is 11.6 Å². The molecule has 7 nitrogen and oxygen atoms in total. The van der Waals surface area contributed by atoms with Crippen molar-refractivity contribution in [3.63, 3.8) is 0 Å². The molecular formula is C21H29FN4O3S. The zero-order valence-electron chi connectivity index (χ0n) is 17.7. The van der Waals surface area contributed by atoms with Crippen molar-refractivity contribution in [3.8, 4) is 0 Å². The van der Waals surface area contributed by atoms with Crippen molar-refractivity contribution in [3.05, 3.63) is 34.5 Å². The van der Waals surface area contributed by atoms with Gasteiger partial charge in [-0.25, -0.2) is 22.1 Å². The van der Waals surface area contributed by atoms with E-state index in [1.165, 1.54) is 16.6 Å². The molecule has 164 valence electrons. The third-order valence-electron chi connectivity index (χ3n) is 6.68. The maximum absolute atomic E-state index is 15.6. The number of fused-ring (bicyclic) bond motifs is 1. The second-order valence-electron chi connectivity index (χ2n) is 9.24. The van der Waals surface area contributed by atoms with E-state index in [1.54, 1.807) is 16.8 Å². The molecule has 9 heteroatoms. The summed E-state index contributed by atoms with van der Waals surface area (Å²) in [7, 11) is -3.21. The normalized spacial score (nSPS) is 23.1. The first-order valence-corrected chi connectivity index (χ1v) is 12.3. The number of aromatic nitrogens is 2. The standard InChI is InChI=1S/C21H29FN4O3S/c1-21(2)10-4-5-16(21)26-17(27)7-6-14-13-23-20(18(22)19(14)26)24-15-8-11-25(12-9-15)30(3,28)29/h6-7,13,15-16H,4-5,8-12H2,1-3H3,(H,23,24). The number of piperidine rings is 1. The van der Waals surface area contributed by atoms with Gasteiger partial charge in [-0.1, -0.05) is 20.3 Å². The molecule has 1 unspecified atom stereocenters. The summed E-state index contributed by atoms with van der Waals surface area (Å²) in [5.74, 6) is -0.395. The van der Waals surface area contributed by atoms with Gasteiger partial charge in [0.05, 0.1) is 11.8 Å². The van der Waals surface area contributed by atoms with E-state index in [4.69, 9.17) is 0 Å². The van der Waals surface area contributed by atoms with Crippen molar-refractivity contribution in [1.82, 2.24) is 13.9 Å². The molecule has 1 aliphatic heterocycles. The van der Waals surface area contributed by atoms with Crippen LogP contribution in [0.5, 0.6) is 0 Å². The van der Waals surface area contributed by atoms with Crippen LogP contribution < -0.4 is 10.9 Å². The van der Waals surface area contributed by atoms with Gasteiger partial charge in [-0.05, 0) is 37.2 Å². The quantitative estimate of drug-likeness (QED) is 0.796. The predicted molar refractivity (Wildman–Crippen MR) is 116 cm³/mol. The topological polar surface area (TPSA) is 84.3 Å². The van der Waals surface area contributed by atoms with E-state index in [2.05, 4.69) is 24.1 Å². The average molecular weight is 437 g/mol. The number of rotatable bonds is 4. The molecule has 0 aromatic carbocycles. The molecular weight excluding hydrogens is 407 g/mol. The Morgan fingerprint density at radius 3 is 2.50 bits per heavy atom. The van der Waals surface area contributed by atoms with Crippen molar-refractivity contribution in [2.24, 2.45) is 5.41 Å². The molecule has 30 heavy (non-hydrogen) atoms. The smallest absolute Gasteiger partial charge is 0.251 e. The van der Waals surface area contributed by atoms with E-state index in [0.29, 0.717) is 36.8 Å². The van der Waals surface area contributed by atoms with E-state index in [-0.39, 0.29) is 28.9 Å². The van der Waals surface area contributed by atoms with Gasteiger partial charge < -0.3 is 9.88 Å². The van der Waals surface area contributed by atoms with E-state index >= 15 is 4.39 Å². The molecule has 0 spiro atoms. The molecule has 3 heterocycles. The summed E-state index contributed by atoms with van der Waals surface area (Å²) < 4.78 is 42.1. The highest BCUT2D eigenvalue weighted by atomic mass is 32.2. The first kappa shape index (κ1) is 21.2. The average Bonchev–Trinajstić information content (AvgIpc) is 3.03. The minimum atomic E-state index is -3.21. The van der Waals surface area contributed by atoms with E-state index in [0.717, 1.165) is 19.3 Å². The van der Waals surface area contributed by atoms with E-state index in [9.17, 15) is 13.2 Å². The molecule has 1 aliphatic carbocycles. The van der Waals surface area contributed by atoms with Crippen molar-refractivity contribution in [1.29, 1.82) is 0 Å². The maximum Gasteiger partial charge on any atom is 0.251 e. The van der Waals surface area contributed by atoms with Gasteiger partial charge in [-0.2, -0.15) is 0 Å². The van der Waals surface area contributed by atoms with Crippen LogP contribution in [0.3, 0.4) is 0 Å². The molecule has 2 aromatic rings. The largest absolute Gasteiger partial charge is 0.365 e. The van der Waals surface area contributed by atoms with E-state index in [1.807, 2.05) is 0 Å². The fourth-order valence-corrected chi connectivity index (χ4v) is 5.81. The predicted octanol–water partition coefficient (Wildman–Crippen LogP) is 3.12. The molecule has 1 N–H and O–H groups in total. The molecule has 0 bridgehead atoms. The maximum atomic E-state index is 15.6. The highest BCUT2D eigenvalue weighted by Crippen LogP contribution is 2.46. The van der Waals surface area contributed by atoms with Crippen LogP contribution >= 0.6 is 0 Å². The van der Waals surface area contributed by atoms with Crippen LogP contribution in [0, 0.1) is 11.2 Å². The zero-order valence-corrected chi connectivity index (χ0v) is 18.5. The van der Waals surface area contributed by atoms with Crippen LogP contribution in [0.4, 0.5) is 10.2 Å². The number of nitrogens with zero attached hydrogens (tertiary/aromatic N) is 3. The summed E-state index contributed by atoms with van der Waals surface area (Å²) in [6, 6.07) is 2.98. The summed E-state index contributed by atoms with van der Waals surface area (Å²) in [4.78, 5) is 17.1. The van der Waals surface area contributed by atoms with Crippen LogP contribution in [0.15, 0.2) is 23.1 Å². The minimum Gasteiger partial charge on any atom is -0.365 e. The number of anilines is 1. The Morgan fingerprint density at radius 1 is 1.20 bits per heavy atom. The van der Waals surface area contributed by atoms with Gasteiger partial charge >= 0.3 is 0 Å². The number of pyridine rings is 2. The van der Waals surface area contributed by atoms with Gasteiger partial charge in [0.1, 0.15) is 0 Å². The summed E-state index contributed by atoms with van der Waals surface area (Å²) in [6.07, 6.45) is 6.81. The Bertz CT molecular complexity index is 1120. The van der Waals surface area contributed by atoms with Crippen molar-refractivity contribution >= 4 is 26.7 Å². The van der Waals surface area contributed by atoms with Crippen LogP contribution in [0.25, 0.3) is 10.9 Å². The number of halogens is 1. The molecule has 1 saturated heterocycles. The fraction of sp³-hybridized carbons (Fsp3) is 0.619. The second-order valence-corrected chi connectivity index (χ2v) is 11.2. The van der Waals surface area contributed by atoms with Crippen LogP contribution in [0.2, 0.25) is 0 Å². The third-order valence-corrected chi connectivity index (χ3v) is 7.99. The zero-order chi connectivity index (χ0) is 21.7. The van der Waals surface area contributed by atoms with Gasteiger partial charge in [0, 0.05) is 42.8 Å². The van der Waals surface area contributed by atoms with Crippen molar-refractivity contribution < 1.29 is 12.8 Å². The Hall–Kier alpha value is -2.00. The van der Waals surface area contributed by atoms with Crippen molar-refractivity contribution in [2.75, 3.05) is 24.7 Å². The highest BCUT2D eigenvalue weighted by molar-refractivity contribution is 7.88.